The molecule has 1 aliphatic heterocycles. The lowest BCUT2D eigenvalue weighted by Gasteiger charge is -2.32. The van der Waals surface area contributed by atoms with Crippen molar-refractivity contribution in [1.29, 1.82) is 0 Å². The van der Waals surface area contributed by atoms with Crippen molar-refractivity contribution >= 4 is 44.5 Å². The molecule has 3 aromatic heterocycles. The number of hydrogen-bond acceptors (Lipinski definition) is 6. The van der Waals surface area contributed by atoms with Gasteiger partial charge < -0.3 is 15.5 Å². The Morgan fingerprint density at radius 3 is 2.57 bits per heavy atom. The van der Waals surface area contributed by atoms with Crippen LogP contribution in [-0.2, 0) is 6.18 Å². The minimum atomic E-state index is -4.60. The molecule has 10 heteroatoms. The number of nitrogens with zero attached hydrogens (tertiary/aromatic N) is 3. The first-order valence-electron chi connectivity index (χ1n) is 8.57. The normalized spacial score (nSPS) is 16.1. The maximum absolute atomic E-state index is 13.8. The molecule has 1 fully saturated rings. The minimum absolute atomic E-state index is 0.126. The van der Waals surface area contributed by atoms with Gasteiger partial charge in [0.2, 0.25) is 0 Å². The quantitative estimate of drug-likeness (QED) is 0.673. The van der Waals surface area contributed by atoms with Crippen LogP contribution in [0.1, 0.15) is 15.2 Å². The Morgan fingerprint density at radius 1 is 1.25 bits per heavy atom. The number of carbonyl (C=O) groups is 1. The average Bonchev–Trinajstić information content (AvgIpc) is 3.29. The second kappa shape index (κ2) is 7.02. The third-order valence-corrected chi connectivity index (χ3v) is 6.74. The predicted molar refractivity (Wildman–Crippen MR) is 106 cm³/mol. The van der Waals surface area contributed by atoms with Crippen molar-refractivity contribution in [2.45, 2.75) is 6.18 Å². The first-order valence-corrected chi connectivity index (χ1v) is 10.3. The molecule has 1 aliphatic rings. The molecule has 148 valence electrons. The van der Waals surface area contributed by atoms with Gasteiger partial charge in [0.15, 0.2) is 0 Å². The summed E-state index contributed by atoms with van der Waals surface area (Å²) in [5.41, 5.74) is 5.29. The van der Waals surface area contributed by atoms with E-state index in [0.717, 1.165) is 17.4 Å². The number of rotatable bonds is 2. The lowest BCUT2D eigenvalue weighted by atomic mass is 10.1. The molecule has 0 spiro atoms. The van der Waals surface area contributed by atoms with Crippen LogP contribution >= 0.6 is 22.7 Å². The molecule has 0 unspecified atom stereocenters. The van der Waals surface area contributed by atoms with E-state index in [9.17, 15) is 18.0 Å². The van der Waals surface area contributed by atoms with E-state index < -0.39 is 11.7 Å². The fraction of sp³-hybridized carbons (Fsp3) is 0.333. The number of anilines is 1. The third kappa shape index (κ3) is 3.36. The minimum Gasteiger partial charge on any atom is -0.397 e. The van der Waals surface area contributed by atoms with Gasteiger partial charge in [-0.05, 0) is 24.6 Å². The molecule has 4 rings (SSSR count). The Labute approximate surface area is 167 Å². The number of likely N-dealkylation sites (N-methyl/N-ethyl adjacent to an activating group) is 1. The number of pyridine rings is 1. The highest BCUT2D eigenvalue weighted by Crippen LogP contribution is 2.44. The SMILES string of the molecule is CN1CCN(C(=O)c2sc3nc(-c4cccs4)cc(C(F)(F)F)c3c2N)CC1. The number of fused-ring (bicyclic) bond motifs is 1. The van der Waals surface area contributed by atoms with Gasteiger partial charge in [0.05, 0.1) is 21.8 Å². The van der Waals surface area contributed by atoms with Crippen LogP contribution in [0.3, 0.4) is 0 Å². The Bertz CT molecular complexity index is 1020. The van der Waals surface area contributed by atoms with Gasteiger partial charge in [-0.1, -0.05) is 6.07 Å². The number of nitrogen functional groups attached to an aromatic ring is 1. The monoisotopic (exact) mass is 426 g/mol. The maximum atomic E-state index is 13.8. The molecule has 3 aromatic rings. The van der Waals surface area contributed by atoms with Gasteiger partial charge >= 0.3 is 6.18 Å². The summed E-state index contributed by atoms with van der Waals surface area (Å²) >= 11 is 2.24. The molecule has 0 radical (unpaired) electrons. The molecule has 0 aliphatic carbocycles. The zero-order valence-corrected chi connectivity index (χ0v) is 16.5. The molecule has 2 N–H and O–H groups in total. The fourth-order valence-corrected chi connectivity index (χ4v) is 4.98. The van der Waals surface area contributed by atoms with Crippen LogP contribution in [0.5, 0.6) is 0 Å². The van der Waals surface area contributed by atoms with Gasteiger partial charge in [0.25, 0.3) is 5.91 Å². The summed E-state index contributed by atoms with van der Waals surface area (Å²) in [5, 5.41) is 1.59. The van der Waals surface area contributed by atoms with Crippen LogP contribution in [0.4, 0.5) is 18.9 Å². The number of piperazine rings is 1. The van der Waals surface area contributed by atoms with Gasteiger partial charge in [-0.15, -0.1) is 22.7 Å². The summed E-state index contributed by atoms with van der Waals surface area (Å²) in [7, 11) is 1.96. The van der Waals surface area contributed by atoms with Crippen molar-refractivity contribution < 1.29 is 18.0 Å². The lowest BCUT2D eigenvalue weighted by Crippen LogP contribution is -2.47. The molecule has 4 heterocycles. The molecule has 1 amide bonds. The van der Waals surface area contributed by atoms with Crippen molar-refractivity contribution in [1.82, 2.24) is 14.8 Å². The predicted octanol–water partition coefficient (Wildman–Crippen LogP) is 4.01. The number of hydrogen-bond donors (Lipinski definition) is 1. The number of halogens is 3. The van der Waals surface area contributed by atoms with E-state index in [1.807, 2.05) is 7.05 Å². The van der Waals surface area contributed by atoms with Gasteiger partial charge in [-0.3, -0.25) is 4.79 Å². The zero-order valence-electron chi connectivity index (χ0n) is 14.9. The highest BCUT2D eigenvalue weighted by Gasteiger charge is 2.37. The van der Waals surface area contributed by atoms with Crippen molar-refractivity contribution in [2.24, 2.45) is 0 Å². The van der Waals surface area contributed by atoms with E-state index in [4.69, 9.17) is 5.73 Å². The second-order valence-electron chi connectivity index (χ2n) is 6.65. The Kier molecular flexibility index (Phi) is 4.80. The topological polar surface area (TPSA) is 62.5 Å². The van der Waals surface area contributed by atoms with E-state index in [-0.39, 0.29) is 32.4 Å². The lowest BCUT2D eigenvalue weighted by molar-refractivity contribution is -0.136. The smallest absolute Gasteiger partial charge is 0.397 e. The zero-order chi connectivity index (χ0) is 20.1. The Hall–Kier alpha value is -2.17. The van der Waals surface area contributed by atoms with Gasteiger partial charge in [-0.2, -0.15) is 13.2 Å². The standard InChI is InChI=1S/C18H17F3N4OS2/c1-24-4-6-25(7-5-24)17(26)15-14(22)13-10(18(19,20)21)9-11(23-16(13)28-15)12-3-2-8-27-12/h2-3,8-9H,4-7,22H2,1H3. The van der Waals surface area contributed by atoms with Gasteiger partial charge in [-0.25, -0.2) is 4.98 Å². The van der Waals surface area contributed by atoms with E-state index in [2.05, 4.69) is 9.88 Å². The number of thiophene rings is 2. The van der Waals surface area contributed by atoms with Crippen LogP contribution in [0.25, 0.3) is 20.8 Å². The van der Waals surface area contributed by atoms with Crippen molar-refractivity contribution in [3.8, 4) is 10.6 Å². The summed E-state index contributed by atoms with van der Waals surface area (Å²) < 4.78 is 41.3. The Morgan fingerprint density at radius 2 is 1.96 bits per heavy atom. The van der Waals surface area contributed by atoms with E-state index in [1.54, 1.807) is 22.4 Å². The van der Waals surface area contributed by atoms with Crippen LogP contribution in [0.2, 0.25) is 0 Å². The molecular formula is C18H17F3N4OS2. The first-order chi connectivity index (χ1) is 13.3. The second-order valence-corrected chi connectivity index (χ2v) is 8.60. The largest absolute Gasteiger partial charge is 0.417 e. The maximum Gasteiger partial charge on any atom is 0.417 e. The van der Waals surface area contributed by atoms with Gasteiger partial charge in [0.1, 0.15) is 9.71 Å². The van der Waals surface area contributed by atoms with E-state index in [1.165, 1.54) is 11.3 Å². The highest BCUT2D eigenvalue weighted by atomic mass is 32.1. The number of nitrogens with two attached hydrogens (primary N) is 1. The number of carbonyl (C=O) groups excluding carboxylic acids is 1. The summed E-state index contributed by atoms with van der Waals surface area (Å²) in [6.45, 7) is 2.46. The summed E-state index contributed by atoms with van der Waals surface area (Å²) in [6.07, 6.45) is -4.60. The number of alkyl halides is 3. The number of amides is 1. The molecule has 0 atom stereocenters. The van der Waals surface area contributed by atoms with Gasteiger partial charge in [0, 0.05) is 31.6 Å². The summed E-state index contributed by atoms with van der Waals surface area (Å²) in [5.74, 6) is -0.334. The Balaban J connectivity index is 1.84. The number of aromatic nitrogens is 1. The molecule has 0 bridgehead atoms. The average molecular weight is 426 g/mol. The molecule has 0 saturated carbocycles. The van der Waals surface area contributed by atoms with E-state index in [0.29, 0.717) is 31.1 Å². The summed E-state index contributed by atoms with van der Waals surface area (Å²) in [4.78, 5) is 21.9. The fourth-order valence-electron chi connectivity index (χ4n) is 3.21. The van der Waals surface area contributed by atoms with Crippen molar-refractivity contribution in [3.63, 3.8) is 0 Å². The van der Waals surface area contributed by atoms with E-state index >= 15 is 0 Å². The van der Waals surface area contributed by atoms with Crippen molar-refractivity contribution in [2.75, 3.05) is 39.0 Å². The van der Waals surface area contributed by atoms with Crippen LogP contribution < -0.4 is 5.73 Å². The van der Waals surface area contributed by atoms with Crippen LogP contribution in [0, 0.1) is 0 Å². The highest BCUT2D eigenvalue weighted by molar-refractivity contribution is 7.21. The van der Waals surface area contributed by atoms with Crippen LogP contribution in [0.15, 0.2) is 23.6 Å². The molecule has 28 heavy (non-hydrogen) atoms. The van der Waals surface area contributed by atoms with Crippen LogP contribution in [-0.4, -0.2) is 53.9 Å². The molecular weight excluding hydrogens is 409 g/mol. The molecule has 1 saturated heterocycles. The molecule has 5 nitrogen and oxygen atoms in total. The third-order valence-electron chi connectivity index (χ3n) is 4.76. The first kappa shape index (κ1) is 19.2. The van der Waals surface area contributed by atoms with Crippen molar-refractivity contribution in [3.05, 3.63) is 34.0 Å². The molecule has 0 aromatic carbocycles. The summed E-state index contributed by atoms with van der Waals surface area (Å²) in [6, 6.07) is 4.48.